The number of rotatable bonds is 5. The van der Waals surface area contributed by atoms with Crippen molar-refractivity contribution in [1.82, 2.24) is 9.55 Å². The zero-order valence-electron chi connectivity index (χ0n) is 12.2. The molecule has 0 bridgehead atoms. The van der Waals surface area contributed by atoms with E-state index in [0.717, 1.165) is 30.3 Å². The number of nitrogens with two attached hydrogens (primary N) is 1. The number of imidazole rings is 1. The first kappa shape index (κ1) is 13.9. The number of ether oxygens (including phenoxy) is 2. The summed E-state index contributed by atoms with van der Waals surface area (Å²) in [6.45, 7) is 3.60. The molecule has 0 saturated carbocycles. The SMILES string of the molecule is CCCn1ccnc1CC(N)C1COc2ccccc2O1. The van der Waals surface area contributed by atoms with E-state index >= 15 is 0 Å². The summed E-state index contributed by atoms with van der Waals surface area (Å²) in [5.41, 5.74) is 6.30. The van der Waals surface area contributed by atoms with Crippen LogP contribution in [0.3, 0.4) is 0 Å². The lowest BCUT2D eigenvalue weighted by molar-refractivity contribution is 0.0716. The van der Waals surface area contributed by atoms with Gasteiger partial charge < -0.3 is 19.8 Å². The Bertz CT molecular complexity index is 597. The van der Waals surface area contributed by atoms with E-state index in [4.69, 9.17) is 15.2 Å². The first-order chi connectivity index (χ1) is 10.3. The van der Waals surface area contributed by atoms with Gasteiger partial charge in [-0.15, -0.1) is 0 Å². The van der Waals surface area contributed by atoms with Crippen LogP contribution >= 0.6 is 0 Å². The standard InChI is InChI=1S/C16H21N3O2/c1-2-8-19-9-7-18-16(19)10-12(17)15-11-20-13-5-3-4-6-14(13)21-15/h3-7,9,12,15H,2,8,10-11,17H2,1H3. The van der Waals surface area contributed by atoms with Crippen molar-refractivity contribution in [1.29, 1.82) is 0 Å². The lowest BCUT2D eigenvalue weighted by Gasteiger charge is -2.30. The molecule has 5 heteroatoms. The summed E-state index contributed by atoms with van der Waals surface area (Å²) in [5.74, 6) is 2.56. The molecule has 2 atom stereocenters. The van der Waals surface area contributed by atoms with Crippen LogP contribution in [0, 0.1) is 0 Å². The fraction of sp³-hybridized carbons (Fsp3) is 0.438. The van der Waals surface area contributed by atoms with E-state index in [9.17, 15) is 0 Å². The van der Waals surface area contributed by atoms with Gasteiger partial charge in [-0.1, -0.05) is 19.1 Å². The molecule has 1 aliphatic heterocycles. The normalized spacial score (nSPS) is 18.5. The first-order valence-corrected chi connectivity index (χ1v) is 7.42. The minimum Gasteiger partial charge on any atom is -0.486 e. The number of para-hydroxylation sites is 2. The van der Waals surface area contributed by atoms with Gasteiger partial charge in [-0.05, 0) is 18.6 Å². The van der Waals surface area contributed by atoms with Crippen molar-refractivity contribution in [2.45, 2.75) is 38.5 Å². The van der Waals surface area contributed by atoms with E-state index in [0.29, 0.717) is 13.0 Å². The van der Waals surface area contributed by atoms with E-state index in [-0.39, 0.29) is 12.1 Å². The average Bonchev–Trinajstić information content (AvgIpc) is 2.94. The smallest absolute Gasteiger partial charge is 0.161 e. The number of aromatic nitrogens is 2. The lowest BCUT2D eigenvalue weighted by atomic mass is 10.1. The molecule has 1 aromatic heterocycles. The number of nitrogens with zero attached hydrogens (tertiary/aromatic N) is 2. The van der Waals surface area contributed by atoms with Crippen molar-refractivity contribution in [2.75, 3.05) is 6.61 Å². The van der Waals surface area contributed by atoms with Crippen LogP contribution in [0.4, 0.5) is 0 Å². The number of fused-ring (bicyclic) bond motifs is 1. The van der Waals surface area contributed by atoms with Gasteiger partial charge in [0.25, 0.3) is 0 Å². The molecule has 21 heavy (non-hydrogen) atoms. The molecule has 3 rings (SSSR count). The van der Waals surface area contributed by atoms with E-state index in [1.54, 1.807) is 0 Å². The van der Waals surface area contributed by atoms with Crippen molar-refractivity contribution in [3.05, 3.63) is 42.5 Å². The third kappa shape index (κ3) is 3.03. The van der Waals surface area contributed by atoms with E-state index in [1.807, 2.05) is 36.7 Å². The van der Waals surface area contributed by atoms with Gasteiger partial charge in [0, 0.05) is 25.4 Å². The van der Waals surface area contributed by atoms with Crippen LogP contribution in [0.25, 0.3) is 0 Å². The van der Waals surface area contributed by atoms with Gasteiger partial charge in [-0.2, -0.15) is 0 Å². The number of hydrogen-bond acceptors (Lipinski definition) is 4. The third-order valence-electron chi connectivity index (χ3n) is 3.69. The zero-order chi connectivity index (χ0) is 14.7. The second kappa shape index (κ2) is 6.18. The Morgan fingerprint density at radius 2 is 2.19 bits per heavy atom. The summed E-state index contributed by atoms with van der Waals surface area (Å²) < 4.78 is 13.8. The van der Waals surface area contributed by atoms with E-state index < -0.39 is 0 Å². The highest BCUT2D eigenvalue weighted by atomic mass is 16.6. The van der Waals surface area contributed by atoms with Crippen molar-refractivity contribution < 1.29 is 9.47 Å². The molecule has 1 aromatic carbocycles. The second-order valence-corrected chi connectivity index (χ2v) is 5.32. The minimum absolute atomic E-state index is 0.142. The summed E-state index contributed by atoms with van der Waals surface area (Å²) in [5, 5.41) is 0. The van der Waals surface area contributed by atoms with Crippen LogP contribution in [0.2, 0.25) is 0 Å². The summed E-state index contributed by atoms with van der Waals surface area (Å²) in [6.07, 6.45) is 5.44. The number of benzene rings is 1. The van der Waals surface area contributed by atoms with Crippen LogP contribution in [-0.2, 0) is 13.0 Å². The Hall–Kier alpha value is -2.01. The molecular formula is C16H21N3O2. The predicted octanol–water partition coefficient (Wildman–Crippen LogP) is 2.00. The van der Waals surface area contributed by atoms with Crippen molar-refractivity contribution in [2.24, 2.45) is 5.73 Å². The molecule has 0 radical (unpaired) electrons. The molecule has 1 aliphatic rings. The molecule has 0 saturated heterocycles. The molecular weight excluding hydrogens is 266 g/mol. The molecule has 2 unspecified atom stereocenters. The predicted molar refractivity (Wildman–Crippen MR) is 80.6 cm³/mol. The fourth-order valence-corrected chi connectivity index (χ4v) is 2.56. The van der Waals surface area contributed by atoms with Crippen molar-refractivity contribution in [3.8, 4) is 11.5 Å². The molecule has 2 aromatic rings. The van der Waals surface area contributed by atoms with Crippen LogP contribution in [-0.4, -0.2) is 28.3 Å². The molecule has 5 nitrogen and oxygen atoms in total. The molecule has 2 N–H and O–H groups in total. The minimum atomic E-state index is -0.147. The lowest BCUT2D eigenvalue weighted by Crippen LogP contribution is -2.46. The molecule has 0 fully saturated rings. The Kier molecular flexibility index (Phi) is 4.10. The fourth-order valence-electron chi connectivity index (χ4n) is 2.56. The Morgan fingerprint density at radius 3 is 3.00 bits per heavy atom. The Labute approximate surface area is 124 Å². The highest BCUT2D eigenvalue weighted by Gasteiger charge is 2.27. The van der Waals surface area contributed by atoms with Gasteiger partial charge in [0.15, 0.2) is 11.5 Å². The summed E-state index contributed by atoms with van der Waals surface area (Å²) in [6, 6.07) is 7.54. The van der Waals surface area contributed by atoms with Gasteiger partial charge in [0.1, 0.15) is 18.5 Å². The quantitative estimate of drug-likeness (QED) is 0.913. The zero-order valence-corrected chi connectivity index (χ0v) is 12.2. The Morgan fingerprint density at radius 1 is 1.38 bits per heavy atom. The number of aryl methyl sites for hydroxylation is 1. The highest BCUT2D eigenvalue weighted by Crippen LogP contribution is 2.31. The molecule has 0 aliphatic carbocycles. The maximum Gasteiger partial charge on any atom is 0.161 e. The topological polar surface area (TPSA) is 62.3 Å². The van der Waals surface area contributed by atoms with Crippen molar-refractivity contribution >= 4 is 0 Å². The molecule has 112 valence electrons. The van der Waals surface area contributed by atoms with Gasteiger partial charge in [-0.25, -0.2) is 4.98 Å². The van der Waals surface area contributed by atoms with Crippen LogP contribution in [0.15, 0.2) is 36.7 Å². The summed E-state index contributed by atoms with van der Waals surface area (Å²) in [7, 11) is 0. The van der Waals surface area contributed by atoms with Gasteiger partial charge in [-0.3, -0.25) is 0 Å². The van der Waals surface area contributed by atoms with Gasteiger partial charge >= 0.3 is 0 Å². The monoisotopic (exact) mass is 287 g/mol. The van der Waals surface area contributed by atoms with Crippen LogP contribution < -0.4 is 15.2 Å². The molecule has 0 amide bonds. The average molecular weight is 287 g/mol. The maximum atomic E-state index is 6.30. The molecule has 0 spiro atoms. The summed E-state index contributed by atoms with van der Waals surface area (Å²) >= 11 is 0. The third-order valence-corrected chi connectivity index (χ3v) is 3.69. The van der Waals surface area contributed by atoms with E-state index in [2.05, 4.69) is 16.5 Å². The molecule has 2 heterocycles. The highest BCUT2D eigenvalue weighted by molar-refractivity contribution is 5.40. The maximum absolute atomic E-state index is 6.30. The van der Waals surface area contributed by atoms with Crippen LogP contribution in [0.1, 0.15) is 19.2 Å². The first-order valence-electron chi connectivity index (χ1n) is 7.42. The van der Waals surface area contributed by atoms with E-state index in [1.165, 1.54) is 0 Å². The largest absolute Gasteiger partial charge is 0.486 e. The summed E-state index contributed by atoms with van der Waals surface area (Å²) in [4.78, 5) is 4.40. The van der Waals surface area contributed by atoms with Gasteiger partial charge in [0.2, 0.25) is 0 Å². The second-order valence-electron chi connectivity index (χ2n) is 5.32. The number of hydrogen-bond donors (Lipinski definition) is 1. The van der Waals surface area contributed by atoms with Gasteiger partial charge in [0.05, 0.1) is 6.04 Å². The van der Waals surface area contributed by atoms with Crippen molar-refractivity contribution in [3.63, 3.8) is 0 Å². The Balaban J connectivity index is 1.66. The van der Waals surface area contributed by atoms with Crippen LogP contribution in [0.5, 0.6) is 11.5 Å².